The van der Waals surface area contributed by atoms with Crippen molar-refractivity contribution >= 4 is 23.2 Å². The molecule has 3 aromatic rings. The molecule has 0 amide bonds. The molecule has 0 saturated carbocycles. The minimum atomic E-state index is -0.563. The fourth-order valence-corrected chi connectivity index (χ4v) is 4.14. The largest absolute Gasteiger partial charge is 0.391 e. The van der Waals surface area contributed by atoms with E-state index in [1.807, 2.05) is 48.3 Å². The molecule has 0 unspecified atom stereocenters. The number of benzene rings is 2. The van der Waals surface area contributed by atoms with Crippen LogP contribution >= 0.6 is 23.2 Å². The standard InChI is InChI=1S/C18H17Cl2N5O/c1-24(10-17-21-22-23-25(17)12-5-3-2-4-6-12)18-14-7-11(19)8-15(20)13(14)9-16(18)26/h2-8,16,18,26H,9-10H2,1H3/t16-,18+/m0/s1. The number of fused-ring (bicyclic) bond motifs is 1. The van der Waals surface area contributed by atoms with Crippen molar-refractivity contribution in [3.8, 4) is 5.69 Å². The third kappa shape index (κ3) is 3.10. The molecule has 2 aromatic carbocycles. The summed E-state index contributed by atoms with van der Waals surface area (Å²) in [5.41, 5.74) is 2.79. The molecule has 0 saturated heterocycles. The molecule has 0 aliphatic heterocycles. The quantitative estimate of drug-likeness (QED) is 0.742. The summed E-state index contributed by atoms with van der Waals surface area (Å²) in [7, 11) is 1.93. The molecule has 1 aliphatic carbocycles. The zero-order valence-corrected chi connectivity index (χ0v) is 15.6. The molecule has 8 heteroatoms. The number of aromatic nitrogens is 4. The van der Waals surface area contributed by atoms with Gasteiger partial charge in [-0.25, -0.2) is 0 Å². The Kier molecular flexibility index (Phi) is 4.67. The van der Waals surface area contributed by atoms with Crippen molar-refractivity contribution in [3.05, 3.63) is 69.5 Å². The number of nitrogens with zero attached hydrogens (tertiary/aromatic N) is 5. The lowest BCUT2D eigenvalue weighted by Crippen LogP contribution is -2.31. The molecule has 0 fully saturated rings. The van der Waals surface area contributed by atoms with Crippen LogP contribution in [0.3, 0.4) is 0 Å². The number of para-hydroxylation sites is 1. The van der Waals surface area contributed by atoms with Gasteiger partial charge in [-0.1, -0.05) is 41.4 Å². The number of aliphatic hydroxyl groups excluding tert-OH is 1. The van der Waals surface area contributed by atoms with Crippen molar-refractivity contribution in [1.82, 2.24) is 25.1 Å². The molecular formula is C18H17Cl2N5O. The minimum Gasteiger partial charge on any atom is -0.391 e. The maximum absolute atomic E-state index is 10.6. The average Bonchev–Trinajstić information content (AvgIpc) is 3.19. The van der Waals surface area contributed by atoms with Gasteiger partial charge in [0.25, 0.3) is 0 Å². The Morgan fingerprint density at radius 1 is 1.23 bits per heavy atom. The maximum atomic E-state index is 10.6. The van der Waals surface area contributed by atoms with Gasteiger partial charge >= 0.3 is 0 Å². The van der Waals surface area contributed by atoms with E-state index in [1.54, 1.807) is 10.7 Å². The number of likely N-dealkylation sites (N-methyl/N-ethyl adjacent to an activating group) is 1. The van der Waals surface area contributed by atoms with Crippen LogP contribution in [-0.2, 0) is 13.0 Å². The Balaban J connectivity index is 1.63. The van der Waals surface area contributed by atoms with Crippen molar-refractivity contribution < 1.29 is 5.11 Å². The fourth-order valence-electron chi connectivity index (χ4n) is 3.56. The molecule has 1 heterocycles. The second kappa shape index (κ2) is 6.96. The van der Waals surface area contributed by atoms with Gasteiger partial charge in [-0.3, -0.25) is 4.90 Å². The van der Waals surface area contributed by atoms with Gasteiger partial charge in [0.1, 0.15) is 0 Å². The highest BCUT2D eigenvalue weighted by Crippen LogP contribution is 2.41. The number of tetrazole rings is 1. The van der Waals surface area contributed by atoms with E-state index in [0.29, 0.717) is 28.8 Å². The average molecular weight is 390 g/mol. The van der Waals surface area contributed by atoms with Crippen LogP contribution in [0.1, 0.15) is 23.0 Å². The highest BCUT2D eigenvalue weighted by molar-refractivity contribution is 6.35. The topological polar surface area (TPSA) is 67.1 Å². The van der Waals surface area contributed by atoms with Crippen molar-refractivity contribution in [2.45, 2.75) is 25.1 Å². The number of halogens is 2. The third-order valence-corrected chi connectivity index (χ3v) is 5.25. The molecule has 6 nitrogen and oxygen atoms in total. The number of rotatable bonds is 4. The Labute approximate surface area is 161 Å². The number of hydrogen-bond donors (Lipinski definition) is 1. The SMILES string of the molecule is CN(Cc1nnnn1-c1ccccc1)[C@@H]1c2cc(Cl)cc(Cl)c2C[C@@H]1O. The van der Waals surface area contributed by atoms with Gasteiger partial charge in [0.05, 0.1) is 24.4 Å². The molecule has 1 N–H and O–H groups in total. The van der Waals surface area contributed by atoms with Gasteiger partial charge in [-0.05, 0) is 52.9 Å². The first-order chi connectivity index (χ1) is 12.5. The number of hydrogen-bond acceptors (Lipinski definition) is 5. The van der Waals surface area contributed by atoms with Crippen LogP contribution in [0.15, 0.2) is 42.5 Å². The predicted octanol–water partition coefficient (Wildman–Crippen LogP) is 3.06. The molecule has 26 heavy (non-hydrogen) atoms. The minimum absolute atomic E-state index is 0.220. The molecule has 1 aliphatic rings. The second-order valence-electron chi connectivity index (χ2n) is 6.43. The Hall–Kier alpha value is -1.99. The molecule has 134 valence electrons. The molecule has 1 aromatic heterocycles. The highest BCUT2D eigenvalue weighted by Gasteiger charge is 2.36. The van der Waals surface area contributed by atoms with Gasteiger partial charge in [0.2, 0.25) is 0 Å². The van der Waals surface area contributed by atoms with E-state index in [0.717, 1.165) is 16.8 Å². The normalized spacial score (nSPS) is 19.1. The summed E-state index contributed by atoms with van der Waals surface area (Å²) in [5.74, 6) is 0.687. The van der Waals surface area contributed by atoms with Crippen LogP contribution < -0.4 is 0 Å². The molecular weight excluding hydrogens is 373 g/mol. The van der Waals surface area contributed by atoms with Crippen molar-refractivity contribution in [1.29, 1.82) is 0 Å². The van der Waals surface area contributed by atoms with E-state index >= 15 is 0 Å². The number of aliphatic hydroxyl groups is 1. The third-order valence-electron chi connectivity index (χ3n) is 4.69. The van der Waals surface area contributed by atoms with Crippen molar-refractivity contribution in [3.63, 3.8) is 0 Å². The van der Waals surface area contributed by atoms with Crippen molar-refractivity contribution in [2.75, 3.05) is 7.05 Å². The van der Waals surface area contributed by atoms with Crippen LogP contribution in [0, 0.1) is 0 Å². The summed E-state index contributed by atoms with van der Waals surface area (Å²) in [6.07, 6.45) is -0.0590. The first-order valence-corrected chi connectivity index (χ1v) is 8.99. The van der Waals surface area contributed by atoms with Crippen LogP contribution in [0.5, 0.6) is 0 Å². The Bertz CT molecular complexity index is 931. The summed E-state index contributed by atoms with van der Waals surface area (Å²) in [5, 5.41) is 23.8. The van der Waals surface area contributed by atoms with E-state index in [2.05, 4.69) is 15.5 Å². The first kappa shape index (κ1) is 17.4. The summed E-state index contributed by atoms with van der Waals surface area (Å²) in [6.45, 7) is 0.465. The van der Waals surface area contributed by atoms with Crippen LogP contribution in [0.4, 0.5) is 0 Å². The van der Waals surface area contributed by atoms with Crippen LogP contribution in [0.25, 0.3) is 5.69 Å². The lowest BCUT2D eigenvalue weighted by molar-refractivity contribution is 0.0707. The maximum Gasteiger partial charge on any atom is 0.170 e. The van der Waals surface area contributed by atoms with E-state index in [1.165, 1.54) is 0 Å². The Morgan fingerprint density at radius 3 is 2.77 bits per heavy atom. The van der Waals surface area contributed by atoms with Crippen LogP contribution in [-0.4, -0.2) is 43.4 Å². The summed E-state index contributed by atoms with van der Waals surface area (Å²) in [4.78, 5) is 2.02. The van der Waals surface area contributed by atoms with Crippen molar-refractivity contribution in [2.24, 2.45) is 0 Å². The first-order valence-electron chi connectivity index (χ1n) is 8.23. The molecule has 4 rings (SSSR count). The van der Waals surface area contributed by atoms with E-state index in [4.69, 9.17) is 23.2 Å². The monoisotopic (exact) mass is 389 g/mol. The van der Waals surface area contributed by atoms with Gasteiger partial charge in [0, 0.05) is 16.5 Å². The lowest BCUT2D eigenvalue weighted by Gasteiger charge is -2.27. The van der Waals surface area contributed by atoms with E-state index < -0.39 is 6.10 Å². The summed E-state index contributed by atoms with van der Waals surface area (Å²) < 4.78 is 1.70. The zero-order chi connectivity index (χ0) is 18.3. The lowest BCUT2D eigenvalue weighted by atomic mass is 10.1. The summed E-state index contributed by atoms with van der Waals surface area (Å²) >= 11 is 12.5. The second-order valence-corrected chi connectivity index (χ2v) is 7.27. The van der Waals surface area contributed by atoms with Gasteiger partial charge in [-0.2, -0.15) is 4.68 Å². The molecule has 0 bridgehead atoms. The fraction of sp³-hybridized carbons (Fsp3) is 0.278. The Morgan fingerprint density at radius 2 is 2.00 bits per heavy atom. The predicted molar refractivity (Wildman–Crippen MR) is 99.5 cm³/mol. The van der Waals surface area contributed by atoms with Gasteiger partial charge in [-0.15, -0.1) is 5.10 Å². The highest BCUT2D eigenvalue weighted by atomic mass is 35.5. The van der Waals surface area contributed by atoms with E-state index in [9.17, 15) is 5.11 Å². The van der Waals surface area contributed by atoms with E-state index in [-0.39, 0.29) is 6.04 Å². The smallest absolute Gasteiger partial charge is 0.170 e. The molecule has 2 atom stereocenters. The molecule has 0 radical (unpaired) electrons. The van der Waals surface area contributed by atoms with Gasteiger partial charge in [0.15, 0.2) is 5.82 Å². The van der Waals surface area contributed by atoms with Crippen LogP contribution in [0.2, 0.25) is 10.0 Å². The molecule has 0 spiro atoms. The van der Waals surface area contributed by atoms with Gasteiger partial charge < -0.3 is 5.11 Å². The summed E-state index contributed by atoms with van der Waals surface area (Å²) in [6, 6.07) is 13.1. The zero-order valence-electron chi connectivity index (χ0n) is 14.0.